The van der Waals surface area contributed by atoms with E-state index in [4.69, 9.17) is 0 Å². The van der Waals surface area contributed by atoms with Crippen LogP contribution in [0.15, 0.2) is 72.9 Å². The largest absolute Gasteiger partial charge is 0.417 e. The number of nitrogens with zero attached hydrogens (tertiary/aromatic N) is 3. The average Bonchev–Trinajstić information content (AvgIpc) is 3.45. The van der Waals surface area contributed by atoms with Crippen molar-refractivity contribution < 1.29 is 49.1 Å². The Bertz CT molecular complexity index is 1780. The summed E-state index contributed by atoms with van der Waals surface area (Å²) in [4.78, 5) is 34.9. The van der Waals surface area contributed by atoms with Crippen LogP contribution < -0.4 is 10.2 Å². The number of para-hydroxylation sites is 2. The minimum absolute atomic E-state index is 0.0375. The highest BCUT2D eigenvalue weighted by molar-refractivity contribution is 5.90. The normalized spacial score (nSPS) is 15.3. The highest BCUT2D eigenvalue weighted by Gasteiger charge is 2.50. The Labute approximate surface area is 280 Å². The van der Waals surface area contributed by atoms with Crippen LogP contribution in [-0.4, -0.2) is 72.4 Å². The van der Waals surface area contributed by atoms with E-state index in [1.54, 1.807) is 30.5 Å². The number of halogens is 9. The number of anilines is 1. The van der Waals surface area contributed by atoms with E-state index in [2.05, 4.69) is 15.2 Å². The van der Waals surface area contributed by atoms with E-state index in [0.717, 1.165) is 17.6 Å². The number of H-pyrrole nitrogens is 1. The topological polar surface area (TPSA) is 71.7 Å². The third-order valence-corrected chi connectivity index (χ3v) is 8.48. The van der Waals surface area contributed by atoms with Gasteiger partial charge in [0, 0.05) is 69.0 Å². The zero-order valence-corrected chi connectivity index (χ0v) is 26.5. The zero-order valence-electron chi connectivity index (χ0n) is 26.5. The molecule has 1 aliphatic heterocycles. The minimum atomic E-state index is -5.97. The van der Waals surface area contributed by atoms with Crippen molar-refractivity contribution in [3.8, 4) is 0 Å². The number of fused-ring (bicyclic) bond motifs is 1. The molecule has 1 saturated heterocycles. The molecule has 0 saturated carbocycles. The standard InChI is InChI=1S/C34H32F9N5O2/c1-46(19-21-15-25(32(35,36)37)30(34(41,42)43)26(16-21)33(38,39)40)31(50)28(17-22-18-44-27-10-6-5-9-24(22)27)45-29(49)20-47-11-13-48(14-12-47)23-7-3-2-4-8-23/h2-10,15-16,18,28,44H,11-14,17,19-20H2,1H3,(H,45,49). The maximum atomic E-state index is 13.8. The first kappa shape index (κ1) is 36.5. The van der Waals surface area contributed by atoms with Gasteiger partial charge in [-0.3, -0.25) is 14.5 Å². The SMILES string of the molecule is CN(Cc1cc(C(F)(F)F)c(C(F)(F)F)c(C(F)(F)F)c1)C(=O)C(Cc1c[nH]c2ccccc12)NC(=O)CN1CCN(c2ccccc2)CC1. The quantitative estimate of drug-likeness (QED) is 0.189. The van der Waals surface area contributed by atoms with Gasteiger partial charge in [0.1, 0.15) is 6.04 Å². The molecule has 1 atom stereocenters. The van der Waals surface area contributed by atoms with Gasteiger partial charge in [0.2, 0.25) is 11.8 Å². The van der Waals surface area contributed by atoms with Crippen molar-refractivity contribution in [3.05, 3.63) is 101 Å². The van der Waals surface area contributed by atoms with Crippen molar-refractivity contribution in [2.24, 2.45) is 0 Å². The van der Waals surface area contributed by atoms with E-state index in [1.165, 1.54) is 0 Å². The summed E-state index contributed by atoms with van der Waals surface area (Å²) in [5, 5.41) is 3.38. The summed E-state index contributed by atoms with van der Waals surface area (Å²) in [5.41, 5.74) is -6.39. The molecule has 2 N–H and O–H groups in total. The molecular weight excluding hydrogens is 681 g/mol. The van der Waals surface area contributed by atoms with Gasteiger partial charge < -0.3 is 20.1 Å². The number of aromatic amines is 1. The molecule has 1 fully saturated rings. The highest BCUT2D eigenvalue weighted by atomic mass is 19.4. The number of hydrogen-bond donors (Lipinski definition) is 2. The Balaban J connectivity index is 1.37. The van der Waals surface area contributed by atoms with Gasteiger partial charge in [0.15, 0.2) is 0 Å². The lowest BCUT2D eigenvalue weighted by atomic mass is 9.95. The number of likely N-dealkylation sites (N-methyl/N-ethyl adjacent to an activating group) is 1. The fraction of sp³-hybridized carbons (Fsp3) is 0.353. The van der Waals surface area contributed by atoms with Gasteiger partial charge in [-0.25, -0.2) is 0 Å². The minimum Gasteiger partial charge on any atom is -0.369 e. The first-order valence-corrected chi connectivity index (χ1v) is 15.4. The molecule has 2 amide bonds. The van der Waals surface area contributed by atoms with Crippen LogP contribution in [0, 0.1) is 0 Å². The number of carbonyl (C=O) groups is 2. The second-order valence-corrected chi connectivity index (χ2v) is 12.0. The maximum Gasteiger partial charge on any atom is 0.417 e. The smallest absolute Gasteiger partial charge is 0.369 e. The van der Waals surface area contributed by atoms with Gasteiger partial charge in [0.05, 0.1) is 23.2 Å². The van der Waals surface area contributed by atoms with E-state index in [0.29, 0.717) is 42.6 Å². The van der Waals surface area contributed by atoms with Crippen LogP contribution in [-0.2, 0) is 41.1 Å². The van der Waals surface area contributed by atoms with Gasteiger partial charge in [-0.05, 0) is 41.5 Å². The van der Waals surface area contributed by atoms with Crippen LogP contribution >= 0.6 is 0 Å². The van der Waals surface area contributed by atoms with Crippen molar-refractivity contribution in [3.63, 3.8) is 0 Å². The number of amides is 2. The van der Waals surface area contributed by atoms with Gasteiger partial charge >= 0.3 is 18.5 Å². The maximum absolute atomic E-state index is 13.8. The van der Waals surface area contributed by atoms with E-state index < -0.39 is 65.2 Å². The van der Waals surface area contributed by atoms with Crippen LogP contribution in [0.2, 0.25) is 0 Å². The van der Waals surface area contributed by atoms with E-state index in [1.807, 2.05) is 35.2 Å². The molecule has 50 heavy (non-hydrogen) atoms. The molecule has 268 valence electrons. The number of hydrogen-bond acceptors (Lipinski definition) is 4. The van der Waals surface area contributed by atoms with Crippen LogP contribution in [0.25, 0.3) is 10.9 Å². The average molecular weight is 714 g/mol. The monoisotopic (exact) mass is 713 g/mol. The zero-order chi connectivity index (χ0) is 36.4. The summed E-state index contributed by atoms with van der Waals surface area (Å²) in [6.45, 7) is 1.31. The first-order valence-electron chi connectivity index (χ1n) is 15.4. The lowest BCUT2D eigenvalue weighted by Gasteiger charge is -2.36. The molecule has 3 aromatic carbocycles. The molecule has 5 rings (SSSR count). The fourth-order valence-corrected chi connectivity index (χ4v) is 6.13. The lowest BCUT2D eigenvalue weighted by Crippen LogP contribution is -2.53. The third-order valence-electron chi connectivity index (χ3n) is 8.48. The van der Waals surface area contributed by atoms with E-state index in [-0.39, 0.29) is 25.1 Å². The lowest BCUT2D eigenvalue weighted by molar-refractivity contribution is -0.174. The predicted octanol–water partition coefficient (Wildman–Crippen LogP) is 6.73. The Hall–Kier alpha value is -4.73. The van der Waals surface area contributed by atoms with Gasteiger partial charge in [-0.1, -0.05) is 36.4 Å². The second kappa shape index (κ2) is 14.2. The molecule has 0 radical (unpaired) electrons. The van der Waals surface area contributed by atoms with Crippen molar-refractivity contribution in [2.45, 2.75) is 37.5 Å². The summed E-state index contributed by atoms with van der Waals surface area (Å²) in [6.07, 6.45) is -16.0. The molecule has 1 aromatic heterocycles. The highest BCUT2D eigenvalue weighted by Crippen LogP contribution is 2.47. The molecule has 7 nitrogen and oxygen atoms in total. The van der Waals surface area contributed by atoms with Crippen LogP contribution in [0.1, 0.15) is 27.8 Å². The summed E-state index contributed by atoms with van der Waals surface area (Å²) in [5.74, 6) is -1.42. The van der Waals surface area contributed by atoms with Crippen molar-refractivity contribution >= 4 is 28.4 Å². The third kappa shape index (κ3) is 8.52. The number of alkyl halides is 9. The molecule has 0 aliphatic carbocycles. The number of nitrogens with one attached hydrogen (secondary N) is 2. The summed E-state index contributed by atoms with van der Waals surface area (Å²) < 4.78 is 123. The van der Waals surface area contributed by atoms with Gasteiger partial charge in [0.25, 0.3) is 0 Å². The molecule has 0 bridgehead atoms. The van der Waals surface area contributed by atoms with Crippen molar-refractivity contribution in [1.29, 1.82) is 0 Å². The van der Waals surface area contributed by atoms with Crippen LogP contribution in [0.3, 0.4) is 0 Å². The Kier molecular flexibility index (Phi) is 10.4. The van der Waals surface area contributed by atoms with Crippen molar-refractivity contribution in [2.75, 3.05) is 44.7 Å². The number of piperazine rings is 1. The molecule has 2 heterocycles. The summed E-state index contributed by atoms with van der Waals surface area (Å²) >= 11 is 0. The number of rotatable bonds is 9. The molecular formula is C34H32F9N5O2. The summed E-state index contributed by atoms with van der Waals surface area (Å²) in [6, 6.07) is 15.3. The number of benzene rings is 3. The van der Waals surface area contributed by atoms with Gasteiger partial charge in [-0.2, -0.15) is 39.5 Å². The van der Waals surface area contributed by atoms with E-state index >= 15 is 0 Å². The first-order chi connectivity index (χ1) is 23.4. The second-order valence-electron chi connectivity index (χ2n) is 12.0. The molecule has 16 heteroatoms. The van der Waals surface area contributed by atoms with Gasteiger partial charge in [-0.15, -0.1) is 0 Å². The fourth-order valence-electron chi connectivity index (χ4n) is 6.13. The molecule has 4 aromatic rings. The predicted molar refractivity (Wildman–Crippen MR) is 167 cm³/mol. The molecule has 1 unspecified atom stereocenters. The Morgan fingerprint density at radius 3 is 1.98 bits per heavy atom. The Morgan fingerprint density at radius 2 is 1.40 bits per heavy atom. The number of carbonyl (C=O) groups excluding carboxylic acids is 2. The van der Waals surface area contributed by atoms with Crippen LogP contribution in [0.5, 0.6) is 0 Å². The van der Waals surface area contributed by atoms with E-state index in [9.17, 15) is 49.1 Å². The number of aromatic nitrogens is 1. The van der Waals surface area contributed by atoms with Crippen LogP contribution in [0.4, 0.5) is 45.2 Å². The summed E-state index contributed by atoms with van der Waals surface area (Å²) in [7, 11) is 1.08. The molecule has 0 spiro atoms. The van der Waals surface area contributed by atoms with Crippen molar-refractivity contribution in [1.82, 2.24) is 20.1 Å². The Morgan fingerprint density at radius 1 is 0.820 bits per heavy atom. The molecule has 1 aliphatic rings.